The Morgan fingerprint density at radius 1 is 1.47 bits per heavy atom. The Morgan fingerprint density at radius 2 is 2.24 bits per heavy atom. The molecule has 1 aromatic rings. The third-order valence-corrected chi connectivity index (χ3v) is 3.75. The molecule has 0 spiro atoms. The van der Waals surface area contributed by atoms with Crippen LogP contribution < -0.4 is 4.74 Å². The molecule has 1 aliphatic rings. The minimum atomic E-state index is -0.743. The molecule has 3 heteroatoms. The summed E-state index contributed by atoms with van der Waals surface area (Å²) in [4.78, 5) is 11.9. The van der Waals surface area contributed by atoms with Crippen LogP contribution in [0.15, 0.2) is 24.3 Å². The third-order valence-electron chi connectivity index (χ3n) is 3.75. The van der Waals surface area contributed by atoms with Crippen molar-refractivity contribution in [2.24, 2.45) is 5.41 Å². The van der Waals surface area contributed by atoms with Gasteiger partial charge in [-0.15, -0.1) is 0 Å². The molecule has 0 radical (unpaired) electrons. The van der Waals surface area contributed by atoms with Crippen molar-refractivity contribution >= 4 is 5.78 Å². The van der Waals surface area contributed by atoms with E-state index in [4.69, 9.17) is 4.74 Å². The number of Topliss-reactive ketones (excluding diaryl/α,β-unsaturated/α-hetero) is 1. The van der Waals surface area contributed by atoms with Crippen LogP contribution in [-0.2, 0) is 4.79 Å². The lowest BCUT2D eigenvalue weighted by atomic mass is 9.78. The van der Waals surface area contributed by atoms with E-state index in [-0.39, 0.29) is 5.78 Å². The lowest BCUT2D eigenvalue weighted by Crippen LogP contribution is -2.29. The number of ketones is 1. The molecule has 0 bridgehead atoms. The Hall–Kier alpha value is -1.35. The van der Waals surface area contributed by atoms with Crippen LogP contribution >= 0.6 is 0 Å². The van der Waals surface area contributed by atoms with E-state index in [0.29, 0.717) is 12.2 Å². The van der Waals surface area contributed by atoms with E-state index in [9.17, 15) is 9.90 Å². The molecular formula is C14H18O3. The Bertz CT molecular complexity index is 427. The lowest BCUT2D eigenvalue weighted by molar-refractivity contribution is -0.131. The van der Waals surface area contributed by atoms with Gasteiger partial charge in [-0.3, -0.25) is 4.79 Å². The van der Waals surface area contributed by atoms with Crippen molar-refractivity contribution in [3.63, 3.8) is 0 Å². The monoisotopic (exact) mass is 234 g/mol. The molecular weight excluding hydrogens is 216 g/mol. The van der Waals surface area contributed by atoms with E-state index in [2.05, 4.69) is 0 Å². The molecule has 0 heterocycles. The van der Waals surface area contributed by atoms with Gasteiger partial charge in [-0.2, -0.15) is 0 Å². The fourth-order valence-electron chi connectivity index (χ4n) is 2.51. The molecule has 0 saturated heterocycles. The van der Waals surface area contributed by atoms with Crippen LogP contribution in [0.3, 0.4) is 0 Å². The molecule has 1 aliphatic carbocycles. The van der Waals surface area contributed by atoms with Crippen LogP contribution in [0.2, 0.25) is 0 Å². The van der Waals surface area contributed by atoms with Gasteiger partial charge >= 0.3 is 0 Å². The lowest BCUT2D eigenvalue weighted by Gasteiger charge is -2.28. The Balaban J connectivity index is 2.30. The predicted molar refractivity (Wildman–Crippen MR) is 64.9 cm³/mol. The number of rotatable bonds is 3. The van der Waals surface area contributed by atoms with Gasteiger partial charge in [0.1, 0.15) is 11.5 Å². The molecule has 17 heavy (non-hydrogen) atoms. The topological polar surface area (TPSA) is 46.5 Å². The first kappa shape index (κ1) is 12.1. The van der Waals surface area contributed by atoms with Crippen molar-refractivity contribution in [2.75, 3.05) is 7.11 Å². The first-order valence-electron chi connectivity index (χ1n) is 5.93. The van der Waals surface area contributed by atoms with Crippen LogP contribution in [-0.4, -0.2) is 18.0 Å². The quantitative estimate of drug-likeness (QED) is 0.874. The molecule has 3 nitrogen and oxygen atoms in total. The van der Waals surface area contributed by atoms with Gasteiger partial charge in [0.2, 0.25) is 0 Å². The summed E-state index contributed by atoms with van der Waals surface area (Å²) in [7, 11) is 1.59. The SMILES string of the molecule is COc1cccc(C(O)[C@@]2(C)CCCC2=O)c1. The second-order valence-electron chi connectivity index (χ2n) is 4.87. The number of hydrogen-bond acceptors (Lipinski definition) is 3. The minimum absolute atomic E-state index is 0.160. The van der Waals surface area contributed by atoms with E-state index in [1.165, 1.54) is 0 Å². The van der Waals surface area contributed by atoms with Crippen LogP contribution in [0, 0.1) is 5.41 Å². The van der Waals surface area contributed by atoms with E-state index in [1.807, 2.05) is 25.1 Å². The molecule has 1 fully saturated rings. The fourth-order valence-corrected chi connectivity index (χ4v) is 2.51. The van der Waals surface area contributed by atoms with E-state index in [1.54, 1.807) is 13.2 Å². The molecule has 1 aromatic carbocycles. The second kappa shape index (κ2) is 4.49. The number of carbonyl (C=O) groups excluding carboxylic acids is 1. The maximum atomic E-state index is 11.9. The normalized spacial score (nSPS) is 25.9. The zero-order chi connectivity index (χ0) is 12.5. The van der Waals surface area contributed by atoms with Gasteiger partial charge in [0.15, 0.2) is 0 Å². The zero-order valence-electron chi connectivity index (χ0n) is 10.3. The standard InChI is InChI=1S/C14H18O3/c1-14(8-4-7-12(14)15)13(16)10-5-3-6-11(9-10)17-2/h3,5-6,9,13,16H,4,7-8H2,1-2H3/t13?,14-/m0/s1. The molecule has 2 atom stereocenters. The second-order valence-corrected chi connectivity index (χ2v) is 4.87. The number of benzene rings is 1. The smallest absolute Gasteiger partial charge is 0.141 e. The molecule has 2 rings (SSSR count). The Labute approximate surface area is 101 Å². The molecule has 0 aromatic heterocycles. The summed E-state index contributed by atoms with van der Waals surface area (Å²) in [6.07, 6.45) is 1.46. The van der Waals surface area contributed by atoms with Gasteiger partial charge in [-0.1, -0.05) is 12.1 Å². The van der Waals surface area contributed by atoms with Crippen LogP contribution in [0.1, 0.15) is 37.9 Å². The van der Waals surface area contributed by atoms with Crippen molar-refractivity contribution in [3.05, 3.63) is 29.8 Å². The van der Waals surface area contributed by atoms with Crippen molar-refractivity contribution in [3.8, 4) is 5.75 Å². The predicted octanol–water partition coefficient (Wildman–Crippen LogP) is 2.49. The highest BCUT2D eigenvalue weighted by Crippen LogP contribution is 2.44. The zero-order valence-corrected chi connectivity index (χ0v) is 10.3. The number of carbonyl (C=O) groups is 1. The summed E-state index contributed by atoms with van der Waals surface area (Å²) in [6.45, 7) is 1.85. The number of aliphatic hydroxyl groups is 1. The van der Waals surface area contributed by atoms with E-state index in [0.717, 1.165) is 18.4 Å². The first-order chi connectivity index (χ1) is 8.08. The number of methoxy groups -OCH3 is 1. The molecule has 1 N–H and O–H groups in total. The van der Waals surface area contributed by atoms with Gasteiger partial charge in [-0.05, 0) is 37.5 Å². The maximum Gasteiger partial charge on any atom is 0.141 e. The van der Waals surface area contributed by atoms with Crippen molar-refractivity contribution in [1.82, 2.24) is 0 Å². The summed E-state index contributed by atoms with van der Waals surface area (Å²) in [6, 6.07) is 7.29. The van der Waals surface area contributed by atoms with Crippen molar-refractivity contribution < 1.29 is 14.6 Å². The van der Waals surface area contributed by atoms with Crippen molar-refractivity contribution in [2.45, 2.75) is 32.3 Å². The van der Waals surface area contributed by atoms with Gasteiger partial charge < -0.3 is 9.84 Å². The van der Waals surface area contributed by atoms with E-state index < -0.39 is 11.5 Å². The van der Waals surface area contributed by atoms with E-state index >= 15 is 0 Å². The van der Waals surface area contributed by atoms with Crippen molar-refractivity contribution in [1.29, 1.82) is 0 Å². The Kier molecular flexibility index (Phi) is 3.20. The van der Waals surface area contributed by atoms with Crippen LogP contribution in [0.25, 0.3) is 0 Å². The summed E-state index contributed by atoms with van der Waals surface area (Å²) < 4.78 is 5.13. The highest BCUT2D eigenvalue weighted by molar-refractivity contribution is 5.87. The summed E-state index contributed by atoms with van der Waals surface area (Å²) in [5.41, 5.74) is 0.119. The maximum absolute atomic E-state index is 11.9. The van der Waals surface area contributed by atoms with Gasteiger partial charge in [0, 0.05) is 6.42 Å². The third kappa shape index (κ3) is 2.07. The van der Waals surface area contributed by atoms with Gasteiger partial charge in [0.05, 0.1) is 18.6 Å². The molecule has 0 aliphatic heterocycles. The number of hydrogen-bond donors (Lipinski definition) is 1. The fraction of sp³-hybridized carbons (Fsp3) is 0.500. The summed E-state index contributed by atoms with van der Waals surface area (Å²) in [5, 5.41) is 10.4. The molecule has 1 unspecified atom stereocenters. The first-order valence-corrected chi connectivity index (χ1v) is 5.93. The summed E-state index contributed by atoms with van der Waals surface area (Å²) in [5.74, 6) is 0.864. The van der Waals surface area contributed by atoms with Crippen LogP contribution in [0.4, 0.5) is 0 Å². The van der Waals surface area contributed by atoms with Gasteiger partial charge in [0.25, 0.3) is 0 Å². The molecule has 92 valence electrons. The number of ether oxygens (including phenoxy) is 1. The summed E-state index contributed by atoms with van der Waals surface area (Å²) >= 11 is 0. The highest BCUT2D eigenvalue weighted by atomic mass is 16.5. The molecule has 1 saturated carbocycles. The Morgan fingerprint density at radius 3 is 2.82 bits per heavy atom. The van der Waals surface area contributed by atoms with Gasteiger partial charge in [-0.25, -0.2) is 0 Å². The highest BCUT2D eigenvalue weighted by Gasteiger charge is 2.44. The minimum Gasteiger partial charge on any atom is -0.497 e. The largest absolute Gasteiger partial charge is 0.497 e. The average molecular weight is 234 g/mol. The number of aliphatic hydroxyl groups excluding tert-OH is 1. The molecule has 0 amide bonds. The van der Waals surface area contributed by atoms with Crippen LogP contribution in [0.5, 0.6) is 5.75 Å². The average Bonchev–Trinajstić information content (AvgIpc) is 2.70.